The molecule has 1 atom stereocenters. The van der Waals surface area contributed by atoms with E-state index in [2.05, 4.69) is 0 Å². The number of carbonyl (C=O) groups excluding carboxylic acids is 2. The second kappa shape index (κ2) is 4.90. The number of hydrogen-bond donors (Lipinski definition) is 1. The number of nitrogens with zero attached hydrogens (tertiary/aromatic N) is 1. The maximum absolute atomic E-state index is 13.1. The Balaban J connectivity index is 2.78. The van der Waals surface area contributed by atoms with Crippen molar-refractivity contribution >= 4 is 23.4 Å². The molecule has 0 saturated carbocycles. The summed E-state index contributed by atoms with van der Waals surface area (Å²) in [6.07, 6.45) is 0.275. The van der Waals surface area contributed by atoms with Crippen LogP contribution in [0.25, 0.3) is 0 Å². The van der Waals surface area contributed by atoms with Crippen LogP contribution in [-0.2, 0) is 9.59 Å². The molecule has 1 saturated heterocycles. The number of halogens is 4. The fourth-order valence-electron chi connectivity index (χ4n) is 1.32. The maximum atomic E-state index is 13.1. The third-order valence-electron chi connectivity index (χ3n) is 2.11. The van der Waals surface area contributed by atoms with E-state index < -0.39 is 29.9 Å². The minimum Gasteiger partial charge on any atom is -0.351 e. The quantitative estimate of drug-likeness (QED) is 0.697. The van der Waals surface area contributed by atoms with Gasteiger partial charge < -0.3 is 10.2 Å². The van der Waals surface area contributed by atoms with E-state index in [-0.39, 0.29) is 19.5 Å². The minimum absolute atomic E-state index is 0.0114. The molecular weight excluding hydrogens is 249 g/mol. The zero-order valence-corrected chi connectivity index (χ0v) is 8.94. The molecule has 1 fully saturated rings. The van der Waals surface area contributed by atoms with Crippen LogP contribution in [0.15, 0.2) is 0 Å². The molecular formula is C8H10ClF3N2O2. The van der Waals surface area contributed by atoms with Gasteiger partial charge in [-0.2, -0.15) is 8.78 Å². The van der Waals surface area contributed by atoms with Crippen LogP contribution in [-0.4, -0.2) is 47.9 Å². The molecule has 92 valence electrons. The van der Waals surface area contributed by atoms with Gasteiger partial charge in [-0.25, -0.2) is 4.39 Å². The Morgan fingerprint density at radius 3 is 2.75 bits per heavy atom. The van der Waals surface area contributed by atoms with Crippen molar-refractivity contribution < 1.29 is 22.8 Å². The summed E-state index contributed by atoms with van der Waals surface area (Å²) in [5, 5.41) is 2.01. The van der Waals surface area contributed by atoms with E-state index >= 15 is 0 Å². The van der Waals surface area contributed by atoms with Crippen molar-refractivity contribution in [2.45, 2.75) is 18.0 Å². The summed E-state index contributed by atoms with van der Waals surface area (Å²) in [4.78, 5) is 22.6. The van der Waals surface area contributed by atoms with E-state index in [1.54, 1.807) is 0 Å². The molecule has 1 rings (SSSR count). The second-order valence-electron chi connectivity index (χ2n) is 3.37. The van der Waals surface area contributed by atoms with E-state index in [0.29, 0.717) is 4.90 Å². The summed E-state index contributed by atoms with van der Waals surface area (Å²) in [7, 11) is 0. The van der Waals surface area contributed by atoms with Gasteiger partial charge in [0.15, 0.2) is 0 Å². The van der Waals surface area contributed by atoms with Crippen LogP contribution < -0.4 is 5.32 Å². The van der Waals surface area contributed by atoms with Crippen molar-refractivity contribution in [3.8, 4) is 0 Å². The summed E-state index contributed by atoms with van der Waals surface area (Å²) < 4.78 is 38.8. The van der Waals surface area contributed by atoms with Crippen LogP contribution in [0.3, 0.4) is 0 Å². The van der Waals surface area contributed by atoms with Crippen molar-refractivity contribution in [2.75, 3.05) is 19.6 Å². The summed E-state index contributed by atoms with van der Waals surface area (Å²) in [6, 6.07) is 0. The standard InChI is InChI=1S/C8H10ClF3N2O2/c9-5(10)6(15)14-3-1-2-13-7(16)8(11,12)4-14/h5H,1-4H2,(H,13,16). The van der Waals surface area contributed by atoms with Gasteiger partial charge in [-0.15, -0.1) is 0 Å². The maximum Gasteiger partial charge on any atom is 0.341 e. The van der Waals surface area contributed by atoms with Gasteiger partial charge in [0.2, 0.25) is 0 Å². The number of nitrogens with one attached hydrogen (secondary N) is 1. The van der Waals surface area contributed by atoms with Gasteiger partial charge in [-0.3, -0.25) is 9.59 Å². The fourth-order valence-corrected chi connectivity index (χ4v) is 1.46. The predicted octanol–water partition coefficient (Wildman–Crippen LogP) is 0.505. The van der Waals surface area contributed by atoms with Crippen LogP contribution in [0.1, 0.15) is 6.42 Å². The molecule has 1 unspecified atom stereocenters. The molecule has 8 heteroatoms. The molecule has 1 heterocycles. The lowest BCUT2D eigenvalue weighted by Gasteiger charge is -2.29. The number of rotatable bonds is 1. The van der Waals surface area contributed by atoms with Crippen molar-refractivity contribution in [1.29, 1.82) is 0 Å². The van der Waals surface area contributed by atoms with Crippen LogP contribution in [0.5, 0.6) is 0 Å². The summed E-state index contributed by atoms with van der Waals surface area (Å²) in [6.45, 7) is -1.20. The largest absolute Gasteiger partial charge is 0.351 e. The molecule has 4 nitrogen and oxygen atoms in total. The van der Waals surface area contributed by atoms with E-state index in [1.807, 2.05) is 5.32 Å². The molecule has 1 aliphatic heterocycles. The highest BCUT2D eigenvalue weighted by molar-refractivity contribution is 6.29. The highest BCUT2D eigenvalue weighted by atomic mass is 35.5. The Labute approximate surface area is 94.7 Å². The molecule has 16 heavy (non-hydrogen) atoms. The summed E-state index contributed by atoms with van der Waals surface area (Å²) in [5.74, 6) is -6.42. The van der Waals surface area contributed by atoms with Gasteiger partial charge >= 0.3 is 5.92 Å². The highest BCUT2D eigenvalue weighted by Gasteiger charge is 2.43. The fraction of sp³-hybridized carbons (Fsp3) is 0.750. The smallest absolute Gasteiger partial charge is 0.341 e. The lowest BCUT2D eigenvalue weighted by atomic mass is 10.2. The first-order valence-electron chi connectivity index (χ1n) is 4.57. The molecule has 0 radical (unpaired) electrons. The topological polar surface area (TPSA) is 49.4 Å². The van der Waals surface area contributed by atoms with Gasteiger partial charge in [-0.05, 0) is 6.42 Å². The Kier molecular flexibility index (Phi) is 4.01. The molecule has 0 spiro atoms. The Morgan fingerprint density at radius 2 is 2.19 bits per heavy atom. The number of alkyl halides is 4. The third-order valence-corrected chi connectivity index (χ3v) is 2.30. The monoisotopic (exact) mass is 258 g/mol. The first kappa shape index (κ1) is 13.1. The van der Waals surface area contributed by atoms with Crippen molar-refractivity contribution in [3.05, 3.63) is 0 Å². The zero-order chi connectivity index (χ0) is 12.3. The first-order valence-corrected chi connectivity index (χ1v) is 5.01. The van der Waals surface area contributed by atoms with Crippen LogP contribution in [0, 0.1) is 0 Å². The van der Waals surface area contributed by atoms with Crippen LogP contribution in [0.2, 0.25) is 0 Å². The number of hydrogen-bond acceptors (Lipinski definition) is 2. The average Bonchev–Trinajstić information content (AvgIpc) is 2.18. The first-order chi connectivity index (χ1) is 7.34. The molecule has 0 aromatic rings. The van der Waals surface area contributed by atoms with Crippen LogP contribution in [0.4, 0.5) is 13.2 Å². The van der Waals surface area contributed by atoms with E-state index in [1.165, 1.54) is 0 Å². The normalized spacial score (nSPS) is 23.0. The number of carbonyl (C=O) groups is 2. The Bertz CT molecular complexity index is 299. The second-order valence-corrected chi connectivity index (χ2v) is 3.76. The summed E-state index contributed by atoms with van der Waals surface area (Å²) >= 11 is 4.88. The van der Waals surface area contributed by atoms with Gasteiger partial charge in [-0.1, -0.05) is 11.6 Å². The van der Waals surface area contributed by atoms with Gasteiger partial charge in [0.25, 0.3) is 17.4 Å². The molecule has 2 amide bonds. The molecule has 1 aliphatic rings. The highest BCUT2D eigenvalue weighted by Crippen LogP contribution is 2.19. The van der Waals surface area contributed by atoms with Crippen molar-refractivity contribution in [1.82, 2.24) is 10.2 Å². The Hall–Kier alpha value is -0.980. The number of amides is 2. The predicted molar refractivity (Wildman–Crippen MR) is 49.9 cm³/mol. The average molecular weight is 259 g/mol. The molecule has 0 aromatic carbocycles. The van der Waals surface area contributed by atoms with Crippen molar-refractivity contribution in [3.63, 3.8) is 0 Å². The molecule has 0 aliphatic carbocycles. The molecule has 1 N–H and O–H groups in total. The van der Waals surface area contributed by atoms with E-state index in [4.69, 9.17) is 11.6 Å². The lowest BCUT2D eigenvalue weighted by Crippen LogP contribution is -2.53. The molecule has 0 aromatic heterocycles. The van der Waals surface area contributed by atoms with Gasteiger partial charge in [0.05, 0.1) is 6.54 Å². The third kappa shape index (κ3) is 3.01. The lowest BCUT2D eigenvalue weighted by molar-refractivity contribution is -0.154. The van der Waals surface area contributed by atoms with Gasteiger partial charge in [0.1, 0.15) is 0 Å². The van der Waals surface area contributed by atoms with E-state index in [9.17, 15) is 22.8 Å². The minimum atomic E-state index is -3.72. The van der Waals surface area contributed by atoms with Gasteiger partial charge in [0, 0.05) is 13.1 Å². The van der Waals surface area contributed by atoms with Crippen LogP contribution >= 0.6 is 11.6 Å². The zero-order valence-electron chi connectivity index (χ0n) is 8.18. The molecule has 0 bridgehead atoms. The van der Waals surface area contributed by atoms with E-state index in [0.717, 1.165) is 0 Å². The summed E-state index contributed by atoms with van der Waals surface area (Å²) in [5.41, 5.74) is -2.36. The Morgan fingerprint density at radius 1 is 1.56 bits per heavy atom. The SMILES string of the molecule is O=C(C(F)Cl)N1CCCNC(=O)C(F)(F)C1. The van der Waals surface area contributed by atoms with Crippen molar-refractivity contribution in [2.24, 2.45) is 0 Å².